The number of carbonyl (C=O) groups excluding carboxylic acids is 1. The topological polar surface area (TPSA) is 79.8 Å². The van der Waals surface area contributed by atoms with Gasteiger partial charge in [0.05, 0.1) is 11.4 Å². The summed E-state index contributed by atoms with van der Waals surface area (Å²) in [6.07, 6.45) is 9.41. The molecule has 2 saturated heterocycles. The summed E-state index contributed by atoms with van der Waals surface area (Å²) in [5.74, 6) is 1.87. The Morgan fingerprint density at radius 2 is 1.83 bits per heavy atom. The molecule has 8 nitrogen and oxygen atoms in total. The Kier molecular flexibility index (Phi) is 4.92. The highest BCUT2D eigenvalue weighted by Crippen LogP contribution is 2.42. The van der Waals surface area contributed by atoms with Gasteiger partial charge in [-0.1, -0.05) is 23.7 Å². The summed E-state index contributed by atoms with van der Waals surface area (Å²) in [5.41, 5.74) is 3.56. The Morgan fingerprint density at radius 1 is 1.06 bits per heavy atom. The quantitative estimate of drug-likeness (QED) is 0.414. The van der Waals surface area contributed by atoms with E-state index in [1.807, 2.05) is 36.5 Å². The van der Waals surface area contributed by atoms with Crippen LogP contribution in [0, 0.1) is 0 Å². The van der Waals surface area contributed by atoms with Crippen molar-refractivity contribution in [3.05, 3.63) is 71.3 Å². The molecule has 0 spiro atoms. The van der Waals surface area contributed by atoms with Crippen LogP contribution in [0.15, 0.2) is 53.5 Å². The first kappa shape index (κ1) is 21.1. The summed E-state index contributed by atoms with van der Waals surface area (Å²) in [5, 5.41) is 0.700. The monoisotopic (exact) mass is 488 g/mol. The van der Waals surface area contributed by atoms with Crippen LogP contribution in [0.3, 0.4) is 0 Å². The second kappa shape index (κ2) is 8.17. The smallest absolute Gasteiger partial charge is 0.276 e. The molecule has 4 aromatic rings. The van der Waals surface area contributed by atoms with E-state index in [4.69, 9.17) is 21.0 Å². The molecule has 7 rings (SSSR count). The lowest BCUT2D eigenvalue weighted by atomic mass is 10.1. The van der Waals surface area contributed by atoms with E-state index in [9.17, 15) is 4.79 Å². The van der Waals surface area contributed by atoms with E-state index >= 15 is 0 Å². The van der Waals surface area contributed by atoms with Crippen LogP contribution >= 0.6 is 11.6 Å². The van der Waals surface area contributed by atoms with Crippen molar-refractivity contribution in [2.24, 2.45) is 0 Å². The zero-order valence-electron chi connectivity index (χ0n) is 19.2. The number of rotatable bonds is 5. The second-order valence-corrected chi connectivity index (χ2v) is 10.3. The lowest BCUT2D eigenvalue weighted by Gasteiger charge is -2.40. The minimum Gasteiger partial charge on any atom is -0.447 e. The number of hydrogen-bond donors (Lipinski definition) is 0. The van der Waals surface area contributed by atoms with Crippen molar-refractivity contribution in [1.29, 1.82) is 0 Å². The largest absolute Gasteiger partial charge is 0.447 e. The standard InChI is InChI=1S/C26H25ClN6O2/c27-18-6-4-16(5-7-18)22-21(32-11-1-10-28-26(32)30-22)14-31-12-19-8-9-20(13-31)33(19)25(34)23-24(17-2-3-17)35-15-29-23/h1,4-7,10-11,15,17,19-20H,2-3,8-9,12-14H2. The van der Waals surface area contributed by atoms with Crippen LogP contribution in [-0.2, 0) is 6.54 Å². The fourth-order valence-electron chi connectivity index (χ4n) is 5.76. The van der Waals surface area contributed by atoms with Gasteiger partial charge in [0.15, 0.2) is 12.1 Å². The van der Waals surface area contributed by atoms with Crippen LogP contribution in [0.4, 0.5) is 0 Å². The molecule has 1 saturated carbocycles. The third-order valence-corrected chi connectivity index (χ3v) is 7.78. The number of amides is 1. The van der Waals surface area contributed by atoms with E-state index in [-0.39, 0.29) is 18.0 Å². The third-order valence-electron chi connectivity index (χ3n) is 7.53. The normalized spacial score (nSPS) is 22.3. The molecule has 1 aliphatic carbocycles. The van der Waals surface area contributed by atoms with E-state index in [1.54, 1.807) is 6.20 Å². The first-order valence-electron chi connectivity index (χ1n) is 12.2. The zero-order valence-corrected chi connectivity index (χ0v) is 19.9. The number of oxazole rings is 1. The molecule has 178 valence electrons. The van der Waals surface area contributed by atoms with Crippen molar-refractivity contribution in [2.75, 3.05) is 13.1 Å². The molecule has 1 aromatic carbocycles. The summed E-state index contributed by atoms with van der Waals surface area (Å²) in [7, 11) is 0. The van der Waals surface area contributed by atoms with E-state index < -0.39 is 0 Å². The molecule has 0 radical (unpaired) electrons. The Bertz CT molecular complexity index is 1390. The number of aromatic nitrogens is 4. The molecule has 0 N–H and O–H groups in total. The molecule has 1 amide bonds. The number of hydrogen-bond acceptors (Lipinski definition) is 6. The van der Waals surface area contributed by atoms with Crippen molar-refractivity contribution in [3.8, 4) is 11.3 Å². The number of benzene rings is 1. The third kappa shape index (κ3) is 3.63. The second-order valence-electron chi connectivity index (χ2n) is 9.83. The van der Waals surface area contributed by atoms with Gasteiger partial charge < -0.3 is 9.32 Å². The zero-order chi connectivity index (χ0) is 23.5. The summed E-state index contributed by atoms with van der Waals surface area (Å²) in [4.78, 5) is 31.6. The minimum atomic E-state index is 0.0358. The summed E-state index contributed by atoms with van der Waals surface area (Å²) in [6.45, 7) is 2.38. The maximum atomic E-state index is 13.5. The molecule has 2 bridgehead atoms. The van der Waals surface area contributed by atoms with Crippen molar-refractivity contribution in [2.45, 2.75) is 50.2 Å². The molecule has 2 unspecified atom stereocenters. The Morgan fingerprint density at radius 3 is 2.57 bits per heavy atom. The van der Waals surface area contributed by atoms with Crippen molar-refractivity contribution in [1.82, 2.24) is 29.2 Å². The predicted molar refractivity (Wildman–Crippen MR) is 130 cm³/mol. The number of likely N-dealkylation sites (tertiary alicyclic amines) is 1. The van der Waals surface area contributed by atoms with Gasteiger partial charge >= 0.3 is 0 Å². The van der Waals surface area contributed by atoms with Gasteiger partial charge in [0.2, 0.25) is 5.78 Å². The first-order valence-corrected chi connectivity index (χ1v) is 12.6. The van der Waals surface area contributed by atoms with Crippen LogP contribution in [0.25, 0.3) is 17.0 Å². The molecule has 3 fully saturated rings. The predicted octanol–water partition coefficient (Wildman–Crippen LogP) is 4.40. The summed E-state index contributed by atoms with van der Waals surface area (Å²) in [6, 6.07) is 10.1. The number of fused-ring (bicyclic) bond motifs is 3. The highest BCUT2D eigenvalue weighted by molar-refractivity contribution is 6.30. The highest BCUT2D eigenvalue weighted by atomic mass is 35.5. The van der Waals surface area contributed by atoms with Crippen LogP contribution in [0.1, 0.15) is 53.5 Å². The van der Waals surface area contributed by atoms with Crippen molar-refractivity contribution in [3.63, 3.8) is 0 Å². The number of imidazole rings is 1. The average Bonchev–Trinajstić information content (AvgIpc) is 3.38. The van der Waals surface area contributed by atoms with E-state index in [0.717, 1.165) is 68.0 Å². The SMILES string of the molecule is O=C(c1ncoc1C1CC1)N1C2CCC1CN(Cc1c(-c3ccc(Cl)cc3)nc3ncccn13)C2. The number of piperazine rings is 1. The van der Waals surface area contributed by atoms with Gasteiger partial charge in [-0.2, -0.15) is 0 Å². The molecule has 2 atom stereocenters. The van der Waals surface area contributed by atoms with Gasteiger partial charge in [0, 0.05) is 60.6 Å². The van der Waals surface area contributed by atoms with Crippen LogP contribution in [0.2, 0.25) is 5.02 Å². The fraction of sp³-hybridized carbons (Fsp3) is 0.385. The highest BCUT2D eigenvalue weighted by Gasteiger charge is 2.45. The van der Waals surface area contributed by atoms with Crippen LogP contribution in [0.5, 0.6) is 0 Å². The number of halogens is 1. The van der Waals surface area contributed by atoms with E-state index in [0.29, 0.717) is 22.4 Å². The maximum Gasteiger partial charge on any atom is 0.276 e. The van der Waals surface area contributed by atoms with Gasteiger partial charge in [0.25, 0.3) is 5.91 Å². The van der Waals surface area contributed by atoms with Gasteiger partial charge in [0.1, 0.15) is 5.76 Å². The average molecular weight is 489 g/mol. The summed E-state index contributed by atoms with van der Waals surface area (Å²) < 4.78 is 7.66. The fourth-order valence-corrected chi connectivity index (χ4v) is 5.89. The number of carbonyl (C=O) groups is 1. The van der Waals surface area contributed by atoms with Gasteiger partial charge in [-0.05, 0) is 43.9 Å². The summed E-state index contributed by atoms with van der Waals surface area (Å²) >= 11 is 6.13. The molecule has 35 heavy (non-hydrogen) atoms. The Labute approximate surface area is 207 Å². The number of nitrogens with zero attached hydrogens (tertiary/aromatic N) is 6. The first-order chi connectivity index (χ1) is 17.2. The molecule has 3 aliphatic rings. The molecule has 9 heteroatoms. The Balaban J connectivity index is 1.16. The lowest BCUT2D eigenvalue weighted by Crippen LogP contribution is -2.55. The molecule has 3 aromatic heterocycles. The van der Waals surface area contributed by atoms with E-state index in [1.165, 1.54) is 6.39 Å². The molecule has 2 aliphatic heterocycles. The Hall–Kier alpha value is -3.23. The van der Waals surface area contributed by atoms with Gasteiger partial charge in [-0.3, -0.25) is 14.1 Å². The molecular weight excluding hydrogens is 464 g/mol. The van der Waals surface area contributed by atoms with Crippen LogP contribution in [-0.4, -0.2) is 60.2 Å². The van der Waals surface area contributed by atoms with Gasteiger partial charge in [-0.15, -0.1) is 0 Å². The van der Waals surface area contributed by atoms with Crippen molar-refractivity contribution >= 4 is 23.3 Å². The van der Waals surface area contributed by atoms with Crippen LogP contribution < -0.4 is 0 Å². The molecular formula is C26H25ClN6O2. The lowest BCUT2D eigenvalue weighted by molar-refractivity contribution is 0.0395. The van der Waals surface area contributed by atoms with E-state index in [2.05, 4.69) is 24.2 Å². The maximum absolute atomic E-state index is 13.5. The van der Waals surface area contributed by atoms with Gasteiger partial charge in [-0.25, -0.2) is 15.0 Å². The van der Waals surface area contributed by atoms with Crippen molar-refractivity contribution < 1.29 is 9.21 Å². The molecule has 5 heterocycles. The minimum absolute atomic E-state index is 0.0358.